The highest BCUT2D eigenvalue weighted by atomic mass is 16.5. The average Bonchev–Trinajstić information content (AvgIpc) is 2.77. The van der Waals surface area contributed by atoms with Gasteiger partial charge in [-0.15, -0.1) is 6.58 Å². The fourth-order valence-corrected chi connectivity index (χ4v) is 3.84. The summed E-state index contributed by atoms with van der Waals surface area (Å²) in [4.78, 5) is 28.5. The third-order valence-corrected chi connectivity index (χ3v) is 5.69. The second-order valence-corrected chi connectivity index (χ2v) is 8.11. The molecule has 2 amide bonds. The van der Waals surface area contributed by atoms with Gasteiger partial charge in [-0.2, -0.15) is 4.98 Å². The van der Waals surface area contributed by atoms with Crippen molar-refractivity contribution in [2.75, 3.05) is 51.2 Å². The van der Waals surface area contributed by atoms with Gasteiger partial charge in [-0.25, -0.2) is 9.78 Å². The predicted octanol–water partition coefficient (Wildman–Crippen LogP) is 2.58. The molecule has 4 rings (SSSR count). The molecule has 0 saturated carbocycles. The number of urea groups is 1. The lowest BCUT2D eigenvalue weighted by molar-refractivity contribution is 0.192. The largest absolute Gasteiger partial charge is 0.438 e. The van der Waals surface area contributed by atoms with E-state index in [9.17, 15) is 4.79 Å². The lowest BCUT2D eigenvalue weighted by Gasteiger charge is -2.34. The monoisotopic (exact) mass is 422 g/mol. The van der Waals surface area contributed by atoms with E-state index in [1.807, 2.05) is 31.2 Å². The lowest BCUT2D eigenvalue weighted by atomic mass is 10.1. The summed E-state index contributed by atoms with van der Waals surface area (Å²) in [7, 11) is 2.13. The van der Waals surface area contributed by atoms with Crippen molar-refractivity contribution in [3.05, 3.63) is 53.7 Å². The molecule has 2 aliphatic rings. The molecule has 2 aromatic rings. The Kier molecular flexibility index (Phi) is 6.36. The van der Waals surface area contributed by atoms with Gasteiger partial charge in [0.05, 0.1) is 17.8 Å². The van der Waals surface area contributed by atoms with Crippen molar-refractivity contribution in [2.24, 2.45) is 0 Å². The van der Waals surface area contributed by atoms with E-state index in [0.717, 1.165) is 48.7 Å². The first kappa shape index (κ1) is 21.1. The second kappa shape index (κ2) is 9.34. The number of fused-ring (bicyclic) bond motifs is 1. The molecule has 0 aliphatic carbocycles. The average molecular weight is 423 g/mol. The zero-order chi connectivity index (χ0) is 21.8. The summed E-state index contributed by atoms with van der Waals surface area (Å²) in [6.45, 7) is 10.9. The second-order valence-electron chi connectivity index (χ2n) is 8.11. The zero-order valence-electron chi connectivity index (χ0n) is 18.3. The minimum Gasteiger partial charge on any atom is -0.438 e. The van der Waals surface area contributed by atoms with Crippen molar-refractivity contribution in [1.82, 2.24) is 25.1 Å². The van der Waals surface area contributed by atoms with E-state index in [1.54, 1.807) is 11.0 Å². The molecule has 164 valence electrons. The molecule has 0 bridgehead atoms. The van der Waals surface area contributed by atoms with Gasteiger partial charge in [-0.1, -0.05) is 18.2 Å². The van der Waals surface area contributed by atoms with Crippen LogP contribution in [0.5, 0.6) is 11.6 Å². The first-order valence-electron chi connectivity index (χ1n) is 10.7. The van der Waals surface area contributed by atoms with Crippen LogP contribution in [0.25, 0.3) is 0 Å². The van der Waals surface area contributed by atoms with Crippen LogP contribution in [0, 0.1) is 6.92 Å². The highest BCUT2D eigenvalue weighted by Gasteiger charge is 2.28. The van der Waals surface area contributed by atoms with E-state index in [1.165, 1.54) is 0 Å². The Hall–Kier alpha value is -3.13. The van der Waals surface area contributed by atoms with Crippen LogP contribution < -0.4 is 15.0 Å². The van der Waals surface area contributed by atoms with Gasteiger partial charge in [0.1, 0.15) is 5.75 Å². The molecule has 31 heavy (non-hydrogen) atoms. The van der Waals surface area contributed by atoms with Crippen LogP contribution in [0.4, 0.5) is 10.7 Å². The van der Waals surface area contributed by atoms with Crippen LogP contribution in [0.2, 0.25) is 0 Å². The number of aryl methyl sites for hydroxylation is 1. The number of aromatic nitrogens is 2. The van der Waals surface area contributed by atoms with Gasteiger partial charge in [0.25, 0.3) is 0 Å². The van der Waals surface area contributed by atoms with Crippen molar-refractivity contribution in [2.45, 2.75) is 19.9 Å². The van der Waals surface area contributed by atoms with Gasteiger partial charge in [-0.05, 0) is 31.7 Å². The van der Waals surface area contributed by atoms with E-state index in [0.29, 0.717) is 37.9 Å². The molecule has 3 heterocycles. The van der Waals surface area contributed by atoms with E-state index in [-0.39, 0.29) is 6.03 Å². The number of anilines is 1. The molecular formula is C23H30N6O2. The molecule has 8 heteroatoms. The first-order valence-corrected chi connectivity index (χ1v) is 10.7. The van der Waals surface area contributed by atoms with E-state index in [4.69, 9.17) is 14.7 Å². The molecule has 1 saturated heterocycles. The molecular weight excluding hydrogens is 392 g/mol. The Morgan fingerprint density at radius 1 is 1.23 bits per heavy atom. The number of hydrogen-bond acceptors (Lipinski definition) is 6. The van der Waals surface area contributed by atoms with Crippen molar-refractivity contribution in [3.63, 3.8) is 0 Å². The normalized spacial score (nSPS) is 16.6. The van der Waals surface area contributed by atoms with Crippen LogP contribution in [0.15, 0.2) is 36.9 Å². The molecule has 2 aliphatic heterocycles. The molecule has 1 aromatic heterocycles. The predicted molar refractivity (Wildman–Crippen MR) is 121 cm³/mol. The Balaban J connectivity index is 1.65. The third kappa shape index (κ3) is 4.96. The van der Waals surface area contributed by atoms with Gasteiger partial charge in [-0.3, -0.25) is 0 Å². The molecule has 1 fully saturated rings. The minimum absolute atomic E-state index is 0.116. The molecule has 0 unspecified atom stereocenters. The van der Waals surface area contributed by atoms with Crippen molar-refractivity contribution in [1.29, 1.82) is 0 Å². The van der Waals surface area contributed by atoms with Gasteiger partial charge >= 0.3 is 6.03 Å². The maximum Gasteiger partial charge on any atom is 0.317 e. The number of rotatable bonds is 5. The molecule has 0 spiro atoms. The third-order valence-electron chi connectivity index (χ3n) is 5.69. The number of carbonyl (C=O) groups is 1. The fourth-order valence-electron chi connectivity index (χ4n) is 3.84. The number of likely N-dealkylation sites (N-methyl/N-ethyl adjacent to an activating group) is 1. The number of ether oxygens (including phenoxy) is 1. The van der Waals surface area contributed by atoms with Gasteiger partial charge < -0.3 is 24.8 Å². The summed E-state index contributed by atoms with van der Waals surface area (Å²) in [5, 5.41) is 2.85. The Bertz CT molecular complexity index is 955. The van der Waals surface area contributed by atoms with Crippen LogP contribution in [-0.2, 0) is 13.0 Å². The molecule has 8 nitrogen and oxygen atoms in total. The summed E-state index contributed by atoms with van der Waals surface area (Å²) in [5.74, 6) is 1.98. The summed E-state index contributed by atoms with van der Waals surface area (Å²) in [6, 6.07) is 7.80. The maximum absolute atomic E-state index is 12.5. The van der Waals surface area contributed by atoms with Crippen LogP contribution in [0.3, 0.4) is 0 Å². The van der Waals surface area contributed by atoms with Crippen LogP contribution in [0.1, 0.15) is 16.8 Å². The minimum atomic E-state index is -0.116. The van der Waals surface area contributed by atoms with Crippen LogP contribution >= 0.6 is 0 Å². The Labute approximate surface area is 183 Å². The highest BCUT2D eigenvalue weighted by molar-refractivity contribution is 5.74. The summed E-state index contributed by atoms with van der Waals surface area (Å²) < 4.78 is 6.26. The van der Waals surface area contributed by atoms with Gasteiger partial charge in [0.2, 0.25) is 11.8 Å². The standard InChI is InChI=1S/C23H30N6O2/c1-4-9-24-23(30)29-10-8-20-19(16-29)21(31-18-7-5-6-17(2)15-18)26-22(25-20)28-13-11-27(3)12-14-28/h4-7,15H,1,8-14,16H2,2-3H3,(H,24,30). The molecule has 1 N–H and O–H groups in total. The van der Waals surface area contributed by atoms with E-state index >= 15 is 0 Å². The Morgan fingerprint density at radius 3 is 2.77 bits per heavy atom. The number of amides is 2. The highest BCUT2D eigenvalue weighted by Crippen LogP contribution is 2.32. The number of carbonyl (C=O) groups excluding carboxylic acids is 1. The maximum atomic E-state index is 12.5. The molecule has 0 atom stereocenters. The van der Waals surface area contributed by atoms with Gasteiger partial charge in [0.15, 0.2) is 0 Å². The quantitative estimate of drug-likeness (QED) is 0.747. The number of piperazine rings is 1. The number of nitrogens with one attached hydrogen (secondary N) is 1. The SMILES string of the molecule is C=CCNC(=O)N1CCc2nc(N3CCN(C)CC3)nc(Oc3cccc(C)c3)c2C1. The Morgan fingerprint density at radius 2 is 2.03 bits per heavy atom. The number of benzene rings is 1. The van der Waals surface area contributed by atoms with Crippen molar-refractivity contribution < 1.29 is 9.53 Å². The zero-order valence-corrected chi connectivity index (χ0v) is 18.3. The smallest absolute Gasteiger partial charge is 0.317 e. The topological polar surface area (TPSA) is 73.8 Å². The molecule has 1 aromatic carbocycles. The van der Waals surface area contributed by atoms with Crippen LogP contribution in [-0.4, -0.2) is 72.1 Å². The summed E-state index contributed by atoms with van der Waals surface area (Å²) >= 11 is 0. The number of hydrogen-bond donors (Lipinski definition) is 1. The van der Waals surface area contributed by atoms with E-state index in [2.05, 4.69) is 28.7 Å². The van der Waals surface area contributed by atoms with Gasteiger partial charge in [0, 0.05) is 45.7 Å². The summed E-state index contributed by atoms with van der Waals surface area (Å²) in [6.07, 6.45) is 2.35. The molecule has 0 radical (unpaired) electrons. The number of nitrogens with zero attached hydrogens (tertiary/aromatic N) is 5. The fraction of sp³-hybridized carbons (Fsp3) is 0.435. The van der Waals surface area contributed by atoms with Crippen molar-refractivity contribution >= 4 is 12.0 Å². The van der Waals surface area contributed by atoms with E-state index < -0.39 is 0 Å². The summed E-state index contributed by atoms with van der Waals surface area (Å²) in [5.41, 5.74) is 2.95. The first-order chi connectivity index (χ1) is 15.0. The van der Waals surface area contributed by atoms with Crippen molar-refractivity contribution in [3.8, 4) is 11.6 Å². The lowest BCUT2D eigenvalue weighted by Crippen LogP contribution is -2.46.